The highest BCUT2D eigenvalue weighted by molar-refractivity contribution is 5.03. The van der Waals surface area contributed by atoms with Gasteiger partial charge in [-0.3, -0.25) is 0 Å². The molecule has 3 atom stereocenters. The van der Waals surface area contributed by atoms with E-state index in [2.05, 4.69) is 0 Å². The first-order chi connectivity index (χ1) is 7.44. The van der Waals surface area contributed by atoms with E-state index >= 15 is 0 Å². The van der Waals surface area contributed by atoms with E-state index in [0.717, 1.165) is 0 Å². The second kappa shape index (κ2) is 7.13. The van der Waals surface area contributed by atoms with Crippen molar-refractivity contribution in [2.24, 2.45) is 11.5 Å². The lowest BCUT2D eigenvalue weighted by Gasteiger charge is -2.41. The molecule has 98 valence electrons. The van der Waals surface area contributed by atoms with Gasteiger partial charge in [0.15, 0.2) is 0 Å². The van der Waals surface area contributed by atoms with Crippen LogP contribution >= 0.6 is 0 Å². The first kappa shape index (κ1) is 15.7. The van der Waals surface area contributed by atoms with Crippen molar-refractivity contribution in [3.05, 3.63) is 0 Å². The van der Waals surface area contributed by atoms with Gasteiger partial charge >= 0.3 is 0 Å². The second-order valence-electron chi connectivity index (χ2n) is 3.81. The lowest BCUT2D eigenvalue weighted by atomic mass is 9.79. The fraction of sp³-hybridized carbons (Fsp3) is 1.00. The first-order valence-electron chi connectivity index (χ1n) is 5.19. The largest absolute Gasteiger partial charge is 0.396 e. The Hall–Kier alpha value is -0.280. The normalized spacial score (nSPS) is 21.2. The number of nitrogens with two attached hydrogens (primary N) is 2. The molecule has 0 saturated carbocycles. The molecular weight excluding hydrogens is 216 g/mol. The third-order valence-corrected chi connectivity index (χ3v) is 2.76. The van der Waals surface area contributed by atoms with Gasteiger partial charge in [0.25, 0.3) is 0 Å². The molecule has 0 aromatic heterocycles. The lowest BCUT2D eigenvalue weighted by Crippen LogP contribution is -2.68. The Bertz CT molecular complexity index is 181. The molecule has 0 fully saturated rings. The van der Waals surface area contributed by atoms with Crippen LogP contribution in [0.15, 0.2) is 0 Å². The van der Waals surface area contributed by atoms with Gasteiger partial charge in [0.2, 0.25) is 0 Å². The summed E-state index contributed by atoms with van der Waals surface area (Å²) in [7, 11) is 0. The van der Waals surface area contributed by atoms with Gasteiger partial charge < -0.3 is 37.0 Å². The Morgan fingerprint density at radius 3 is 1.50 bits per heavy atom. The Kier molecular flexibility index (Phi) is 7.00. The van der Waals surface area contributed by atoms with Crippen LogP contribution < -0.4 is 11.5 Å². The maximum absolute atomic E-state index is 9.72. The van der Waals surface area contributed by atoms with Crippen LogP contribution in [0.1, 0.15) is 12.8 Å². The fourth-order valence-electron chi connectivity index (χ4n) is 1.61. The van der Waals surface area contributed by atoms with Gasteiger partial charge in [0.1, 0.15) is 0 Å². The van der Waals surface area contributed by atoms with Gasteiger partial charge in [-0.2, -0.15) is 0 Å². The van der Waals surface area contributed by atoms with Crippen LogP contribution in [0.25, 0.3) is 0 Å². The maximum Gasteiger partial charge on any atom is 0.0956 e. The lowest BCUT2D eigenvalue weighted by molar-refractivity contribution is -0.0866. The number of hydrogen-bond acceptors (Lipinski definition) is 7. The first-order valence-corrected chi connectivity index (χ1v) is 5.19. The van der Waals surface area contributed by atoms with Crippen LogP contribution in [-0.2, 0) is 0 Å². The van der Waals surface area contributed by atoms with E-state index in [0.29, 0.717) is 0 Å². The van der Waals surface area contributed by atoms with Gasteiger partial charge in [-0.25, -0.2) is 0 Å². The molecule has 0 aliphatic rings. The smallest absolute Gasteiger partial charge is 0.0956 e. The molecule has 0 aliphatic heterocycles. The Morgan fingerprint density at radius 2 is 1.25 bits per heavy atom. The molecule has 0 amide bonds. The fourth-order valence-corrected chi connectivity index (χ4v) is 1.61. The Balaban J connectivity index is 4.85. The average molecular weight is 238 g/mol. The van der Waals surface area contributed by atoms with E-state index in [4.69, 9.17) is 21.7 Å². The van der Waals surface area contributed by atoms with Crippen LogP contribution in [0.4, 0.5) is 0 Å². The summed E-state index contributed by atoms with van der Waals surface area (Å²) in [4.78, 5) is 0. The van der Waals surface area contributed by atoms with E-state index in [1.807, 2.05) is 0 Å². The molecule has 9 N–H and O–H groups in total. The van der Waals surface area contributed by atoms with Crippen LogP contribution in [-0.4, -0.2) is 69.1 Å². The van der Waals surface area contributed by atoms with Crippen molar-refractivity contribution in [2.45, 2.75) is 36.7 Å². The Morgan fingerprint density at radius 1 is 0.875 bits per heavy atom. The quantitative estimate of drug-likeness (QED) is 0.231. The minimum atomic E-state index is -1.75. The number of hydrogen-bond donors (Lipinski definition) is 7. The molecule has 0 aromatic carbocycles. The number of aliphatic hydroxyl groups excluding tert-OH is 5. The minimum absolute atomic E-state index is 0.0873. The molecule has 7 nitrogen and oxygen atoms in total. The molecule has 7 heteroatoms. The summed E-state index contributed by atoms with van der Waals surface area (Å²) in [6, 6.07) is 0. The Labute approximate surface area is 94.3 Å². The predicted molar refractivity (Wildman–Crippen MR) is 57.4 cm³/mol. The summed E-state index contributed by atoms with van der Waals surface area (Å²) in [6.07, 6.45) is -4.11. The van der Waals surface area contributed by atoms with Gasteiger partial charge in [-0.1, -0.05) is 0 Å². The summed E-state index contributed by atoms with van der Waals surface area (Å²) < 4.78 is 0. The number of aliphatic hydroxyl groups is 5. The molecule has 0 spiro atoms. The van der Waals surface area contributed by atoms with Gasteiger partial charge in [-0.05, 0) is 12.8 Å². The van der Waals surface area contributed by atoms with Crippen LogP contribution in [0.3, 0.4) is 0 Å². The molecule has 0 aliphatic carbocycles. The van der Waals surface area contributed by atoms with Crippen LogP contribution in [0, 0.1) is 0 Å². The van der Waals surface area contributed by atoms with Crippen molar-refractivity contribution < 1.29 is 25.5 Å². The summed E-state index contributed by atoms with van der Waals surface area (Å²) in [5.41, 5.74) is 9.26. The third-order valence-electron chi connectivity index (χ3n) is 2.76. The number of rotatable bonds is 8. The maximum atomic E-state index is 9.72. The van der Waals surface area contributed by atoms with E-state index < -0.39 is 23.9 Å². The van der Waals surface area contributed by atoms with Crippen LogP contribution in [0.5, 0.6) is 0 Å². The van der Waals surface area contributed by atoms with Crippen molar-refractivity contribution in [1.82, 2.24) is 0 Å². The molecule has 0 rings (SSSR count). The molecule has 0 aromatic rings. The minimum Gasteiger partial charge on any atom is -0.396 e. The zero-order chi connectivity index (χ0) is 12.8. The van der Waals surface area contributed by atoms with Crippen molar-refractivity contribution >= 4 is 0 Å². The molecule has 0 heterocycles. The van der Waals surface area contributed by atoms with Crippen molar-refractivity contribution in [3.63, 3.8) is 0 Å². The molecule has 0 saturated heterocycles. The van der Waals surface area contributed by atoms with E-state index in [9.17, 15) is 15.3 Å². The summed E-state index contributed by atoms with van der Waals surface area (Å²) >= 11 is 0. The summed E-state index contributed by atoms with van der Waals surface area (Å²) in [6.45, 7) is -0.895. The third kappa shape index (κ3) is 3.36. The molecule has 16 heavy (non-hydrogen) atoms. The molecule has 3 unspecified atom stereocenters. The van der Waals surface area contributed by atoms with Gasteiger partial charge in [0, 0.05) is 19.8 Å². The van der Waals surface area contributed by atoms with Crippen LogP contribution in [0.2, 0.25) is 0 Å². The average Bonchev–Trinajstić information content (AvgIpc) is 2.27. The summed E-state index contributed by atoms with van der Waals surface area (Å²) in [5, 5.41) is 46.5. The zero-order valence-corrected chi connectivity index (χ0v) is 9.16. The monoisotopic (exact) mass is 238 g/mol. The van der Waals surface area contributed by atoms with Crippen molar-refractivity contribution in [1.29, 1.82) is 0 Å². The highest BCUT2D eigenvalue weighted by Crippen LogP contribution is 2.22. The van der Waals surface area contributed by atoms with Gasteiger partial charge in [-0.15, -0.1) is 0 Å². The topological polar surface area (TPSA) is 153 Å². The highest BCUT2D eigenvalue weighted by atomic mass is 16.3. The SMILES string of the molecule is NCC(O)C(N)(C(O)CCO)C(O)CCO. The molecule has 0 radical (unpaired) electrons. The van der Waals surface area contributed by atoms with Crippen molar-refractivity contribution in [2.75, 3.05) is 19.8 Å². The van der Waals surface area contributed by atoms with E-state index in [1.165, 1.54) is 0 Å². The van der Waals surface area contributed by atoms with E-state index in [1.54, 1.807) is 0 Å². The second-order valence-corrected chi connectivity index (χ2v) is 3.81. The van der Waals surface area contributed by atoms with E-state index in [-0.39, 0.29) is 32.6 Å². The highest BCUT2D eigenvalue weighted by Gasteiger charge is 2.45. The standard InChI is InChI=1S/C9H22N2O5/c10-5-8(16)9(11,6(14)1-3-12)7(15)2-4-13/h6-8,12-16H,1-5,10-11H2. The zero-order valence-electron chi connectivity index (χ0n) is 9.16. The summed E-state index contributed by atoms with van der Waals surface area (Å²) in [5.74, 6) is 0. The van der Waals surface area contributed by atoms with Gasteiger partial charge in [0.05, 0.1) is 23.9 Å². The predicted octanol–water partition coefficient (Wildman–Crippen LogP) is -3.51. The van der Waals surface area contributed by atoms with Crippen molar-refractivity contribution in [3.8, 4) is 0 Å². The molecular formula is C9H22N2O5. The molecule has 0 bridgehead atoms.